The number of nitrogens with one attached hydrogen (secondary N) is 1. The van der Waals surface area contributed by atoms with Crippen LogP contribution in [0.4, 0.5) is 4.39 Å². The van der Waals surface area contributed by atoms with Gasteiger partial charge < -0.3 is 19.9 Å². The number of halogens is 1. The second-order valence-electron chi connectivity index (χ2n) is 6.46. The molecule has 1 aliphatic rings. The Balaban J connectivity index is 2.36. The number of ether oxygens (including phenoxy) is 1. The minimum absolute atomic E-state index is 0.289. The molecule has 0 spiro atoms. The molecular formula is C19H26FN3O2S. The molecule has 0 saturated carbocycles. The van der Waals surface area contributed by atoms with Crippen LogP contribution in [0, 0.1) is 5.82 Å². The van der Waals surface area contributed by atoms with Crippen molar-refractivity contribution in [2.45, 2.75) is 26.3 Å². The number of carbonyl (C=O) groups is 1. The summed E-state index contributed by atoms with van der Waals surface area (Å²) in [6, 6.07) is 5.61. The summed E-state index contributed by atoms with van der Waals surface area (Å²) in [6.45, 7) is 5.57. The van der Waals surface area contributed by atoms with E-state index in [-0.39, 0.29) is 18.4 Å². The van der Waals surface area contributed by atoms with E-state index in [1.54, 1.807) is 19.1 Å². The lowest BCUT2D eigenvalue weighted by molar-refractivity contribution is -0.139. The molecule has 5 nitrogen and oxygen atoms in total. The van der Waals surface area contributed by atoms with Gasteiger partial charge in [-0.2, -0.15) is 0 Å². The zero-order valence-electron chi connectivity index (χ0n) is 15.7. The van der Waals surface area contributed by atoms with Crippen LogP contribution in [0.25, 0.3) is 0 Å². The summed E-state index contributed by atoms with van der Waals surface area (Å²) in [5.41, 5.74) is 2.06. The molecule has 0 radical (unpaired) electrons. The standard InChI is InChI=1S/C19H26FN3O2S/c1-5-25-18(24)16-13(2)23(12-6-11-22(3)4)19(26)21-17(16)14-7-9-15(20)10-8-14/h7-10,17H,5-6,11-12H2,1-4H3,(H,21,26). The van der Waals surface area contributed by atoms with Crippen LogP contribution in [0.5, 0.6) is 0 Å². The Bertz CT molecular complexity index is 689. The summed E-state index contributed by atoms with van der Waals surface area (Å²) in [5.74, 6) is -0.706. The highest BCUT2D eigenvalue weighted by molar-refractivity contribution is 7.80. The Morgan fingerprint density at radius 3 is 2.58 bits per heavy atom. The van der Waals surface area contributed by atoms with Crippen LogP contribution in [0.15, 0.2) is 35.5 Å². The third-order valence-corrected chi connectivity index (χ3v) is 4.62. The molecule has 7 heteroatoms. The van der Waals surface area contributed by atoms with Crippen molar-refractivity contribution < 1.29 is 13.9 Å². The van der Waals surface area contributed by atoms with E-state index in [1.165, 1.54) is 12.1 Å². The molecule has 0 saturated heterocycles. The first kappa shape index (κ1) is 20.3. The molecule has 1 aromatic rings. The van der Waals surface area contributed by atoms with Crippen LogP contribution in [0.3, 0.4) is 0 Å². The van der Waals surface area contributed by atoms with Gasteiger partial charge in [0, 0.05) is 12.2 Å². The number of rotatable bonds is 7. The quantitative estimate of drug-likeness (QED) is 0.581. The number of hydrogen-bond donors (Lipinski definition) is 1. The molecule has 1 aliphatic heterocycles. The van der Waals surface area contributed by atoms with Gasteiger partial charge in [0.25, 0.3) is 0 Å². The minimum Gasteiger partial charge on any atom is -0.463 e. The molecule has 26 heavy (non-hydrogen) atoms. The van der Waals surface area contributed by atoms with Crippen LogP contribution in [-0.2, 0) is 9.53 Å². The summed E-state index contributed by atoms with van der Waals surface area (Å²) in [7, 11) is 4.04. The maximum absolute atomic E-state index is 13.3. The Kier molecular flexibility index (Phi) is 7.11. The monoisotopic (exact) mass is 379 g/mol. The Morgan fingerprint density at radius 2 is 2.00 bits per heavy atom. The number of benzene rings is 1. The molecule has 0 aromatic heterocycles. The summed E-state index contributed by atoms with van der Waals surface area (Å²) in [4.78, 5) is 16.7. The van der Waals surface area contributed by atoms with Gasteiger partial charge in [-0.3, -0.25) is 0 Å². The zero-order valence-corrected chi connectivity index (χ0v) is 16.5. The van der Waals surface area contributed by atoms with Gasteiger partial charge >= 0.3 is 5.97 Å². The van der Waals surface area contributed by atoms with Crippen molar-refractivity contribution in [2.24, 2.45) is 0 Å². The van der Waals surface area contributed by atoms with Crippen molar-refractivity contribution in [3.8, 4) is 0 Å². The largest absolute Gasteiger partial charge is 0.463 e. The molecule has 1 unspecified atom stereocenters. The third-order valence-electron chi connectivity index (χ3n) is 4.28. The van der Waals surface area contributed by atoms with Gasteiger partial charge in [-0.05, 0) is 70.8 Å². The summed E-state index contributed by atoms with van der Waals surface area (Å²) in [6.07, 6.45) is 0.906. The van der Waals surface area contributed by atoms with Gasteiger partial charge in [0.05, 0.1) is 18.2 Å². The van der Waals surface area contributed by atoms with Crippen molar-refractivity contribution in [3.05, 3.63) is 46.9 Å². The Hall–Kier alpha value is -1.99. The Labute approximate surface area is 159 Å². The predicted octanol–water partition coefficient (Wildman–Crippen LogP) is 2.85. The van der Waals surface area contributed by atoms with E-state index in [1.807, 2.05) is 25.9 Å². The molecule has 1 aromatic carbocycles. The molecule has 142 valence electrons. The lowest BCUT2D eigenvalue weighted by atomic mass is 9.95. The van der Waals surface area contributed by atoms with E-state index < -0.39 is 6.04 Å². The minimum atomic E-state index is -0.452. The normalized spacial score (nSPS) is 17.5. The van der Waals surface area contributed by atoms with E-state index in [2.05, 4.69) is 10.2 Å². The van der Waals surface area contributed by atoms with Gasteiger partial charge in [0.2, 0.25) is 0 Å². The van der Waals surface area contributed by atoms with Crippen molar-refractivity contribution in [1.82, 2.24) is 15.1 Å². The topological polar surface area (TPSA) is 44.8 Å². The van der Waals surface area contributed by atoms with Gasteiger partial charge in [-0.1, -0.05) is 12.1 Å². The maximum Gasteiger partial charge on any atom is 0.338 e. The van der Waals surface area contributed by atoms with Crippen LogP contribution in [0.1, 0.15) is 31.9 Å². The van der Waals surface area contributed by atoms with Gasteiger partial charge in [0.1, 0.15) is 5.82 Å². The van der Waals surface area contributed by atoms with Crippen LogP contribution >= 0.6 is 12.2 Å². The van der Waals surface area contributed by atoms with Crippen LogP contribution in [0.2, 0.25) is 0 Å². The number of esters is 1. The number of nitrogens with zero attached hydrogens (tertiary/aromatic N) is 2. The highest BCUT2D eigenvalue weighted by Gasteiger charge is 2.34. The van der Waals surface area contributed by atoms with Crippen molar-refractivity contribution in [3.63, 3.8) is 0 Å². The number of carbonyl (C=O) groups excluding carboxylic acids is 1. The fourth-order valence-electron chi connectivity index (χ4n) is 2.97. The highest BCUT2D eigenvalue weighted by atomic mass is 32.1. The lowest BCUT2D eigenvalue weighted by Gasteiger charge is -2.37. The number of thiocarbonyl (C=S) groups is 1. The van der Waals surface area contributed by atoms with Crippen molar-refractivity contribution >= 4 is 23.3 Å². The number of hydrogen-bond acceptors (Lipinski definition) is 4. The van der Waals surface area contributed by atoms with Crippen LogP contribution < -0.4 is 5.32 Å². The number of allylic oxidation sites excluding steroid dienone is 1. The molecule has 1 N–H and O–H groups in total. The van der Waals surface area contributed by atoms with Crippen LogP contribution in [-0.4, -0.2) is 54.7 Å². The third kappa shape index (κ3) is 4.80. The van der Waals surface area contributed by atoms with Gasteiger partial charge in [-0.25, -0.2) is 9.18 Å². The molecule has 0 aliphatic carbocycles. The molecular weight excluding hydrogens is 353 g/mol. The lowest BCUT2D eigenvalue weighted by Crippen LogP contribution is -2.48. The molecule has 0 bridgehead atoms. The van der Waals surface area contributed by atoms with E-state index in [0.29, 0.717) is 17.2 Å². The van der Waals surface area contributed by atoms with E-state index in [4.69, 9.17) is 17.0 Å². The fraction of sp³-hybridized carbons (Fsp3) is 0.474. The van der Waals surface area contributed by atoms with E-state index in [9.17, 15) is 9.18 Å². The average molecular weight is 380 g/mol. The highest BCUT2D eigenvalue weighted by Crippen LogP contribution is 2.31. The SMILES string of the molecule is CCOC(=O)C1=C(C)N(CCCN(C)C)C(=S)NC1c1ccc(F)cc1. The van der Waals surface area contributed by atoms with E-state index in [0.717, 1.165) is 24.2 Å². The average Bonchev–Trinajstić information content (AvgIpc) is 2.58. The zero-order chi connectivity index (χ0) is 19.3. The molecule has 2 rings (SSSR count). The molecule has 1 atom stereocenters. The van der Waals surface area contributed by atoms with Gasteiger partial charge in [0.15, 0.2) is 5.11 Å². The van der Waals surface area contributed by atoms with Gasteiger partial charge in [-0.15, -0.1) is 0 Å². The summed E-state index contributed by atoms with van der Waals surface area (Å²) >= 11 is 5.53. The fourth-order valence-corrected chi connectivity index (χ4v) is 3.32. The first-order chi connectivity index (χ1) is 12.3. The smallest absolute Gasteiger partial charge is 0.338 e. The first-order valence-corrected chi connectivity index (χ1v) is 9.12. The second kappa shape index (κ2) is 9.09. The predicted molar refractivity (Wildman–Crippen MR) is 104 cm³/mol. The molecule has 1 heterocycles. The molecule has 0 fully saturated rings. The summed E-state index contributed by atoms with van der Waals surface area (Å²) < 4.78 is 18.6. The maximum atomic E-state index is 13.3. The van der Waals surface area contributed by atoms with Crippen molar-refractivity contribution in [1.29, 1.82) is 0 Å². The van der Waals surface area contributed by atoms with Crippen molar-refractivity contribution in [2.75, 3.05) is 33.8 Å². The second-order valence-corrected chi connectivity index (χ2v) is 6.85. The van der Waals surface area contributed by atoms with E-state index >= 15 is 0 Å². The summed E-state index contributed by atoms with van der Waals surface area (Å²) in [5, 5.41) is 3.78. The first-order valence-electron chi connectivity index (χ1n) is 8.71. The molecule has 0 amide bonds. The Morgan fingerprint density at radius 1 is 1.35 bits per heavy atom.